The molecule has 0 aliphatic heterocycles. The number of benzene rings is 1. The highest BCUT2D eigenvalue weighted by Crippen LogP contribution is 2.30. The molecule has 1 atom stereocenters. The smallest absolute Gasteiger partial charge is 0.0305 e. The molecule has 0 saturated heterocycles. The lowest BCUT2D eigenvalue weighted by Gasteiger charge is -2.36. The molecule has 1 aromatic rings. The normalized spacial score (nSPS) is 27.1. The predicted octanol–water partition coefficient (Wildman–Crippen LogP) is 3.90. The molecule has 1 fully saturated rings. The van der Waals surface area contributed by atoms with Gasteiger partial charge in [0.05, 0.1) is 0 Å². The van der Waals surface area contributed by atoms with Crippen molar-refractivity contribution in [3.8, 4) is 0 Å². The van der Waals surface area contributed by atoms with Crippen LogP contribution in [-0.2, 0) is 0 Å². The molecule has 0 unspecified atom stereocenters. The van der Waals surface area contributed by atoms with Crippen molar-refractivity contribution >= 4 is 15.9 Å². The summed E-state index contributed by atoms with van der Waals surface area (Å²) in [6, 6.07) is 9.62. The quantitative estimate of drug-likeness (QED) is 0.876. The SMILES string of the molecule is CC1CC(N[C@H](C)c2ccccc2Br)C1. The number of rotatable bonds is 3. The van der Waals surface area contributed by atoms with Crippen molar-refractivity contribution in [3.05, 3.63) is 34.3 Å². The maximum Gasteiger partial charge on any atom is 0.0305 e. The van der Waals surface area contributed by atoms with Gasteiger partial charge in [-0.2, -0.15) is 0 Å². The van der Waals surface area contributed by atoms with Gasteiger partial charge in [-0.05, 0) is 37.3 Å². The summed E-state index contributed by atoms with van der Waals surface area (Å²) in [5.41, 5.74) is 1.36. The minimum absolute atomic E-state index is 0.443. The van der Waals surface area contributed by atoms with Crippen LogP contribution in [0.1, 0.15) is 38.3 Å². The van der Waals surface area contributed by atoms with Gasteiger partial charge in [0.25, 0.3) is 0 Å². The number of halogens is 1. The molecule has 1 aromatic carbocycles. The van der Waals surface area contributed by atoms with Gasteiger partial charge < -0.3 is 5.32 Å². The first-order chi connectivity index (χ1) is 7.16. The van der Waals surface area contributed by atoms with Crippen molar-refractivity contribution in [1.82, 2.24) is 5.32 Å². The Bertz CT molecular complexity index is 331. The monoisotopic (exact) mass is 267 g/mol. The van der Waals surface area contributed by atoms with Crippen LogP contribution in [0.4, 0.5) is 0 Å². The van der Waals surface area contributed by atoms with E-state index in [2.05, 4.69) is 59.4 Å². The van der Waals surface area contributed by atoms with Crippen LogP contribution in [0.15, 0.2) is 28.7 Å². The number of hydrogen-bond donors (Lipinski definition) is 1. The fourth-order valence-corrected chi connectivity index (χ4v) is 2.94. The van der Waals surface area contributed by atoms with Gasteiger partial charge in [0.2, 0.25) is 0 Å². The molecule has 0 radical (unpaired) electrons. The zero-order chi connectivity index (χ0) is 10.8. The second kappa shape index (κ2) is 4.67. The average Bonchev–Trinajstić information content (AvgIpc) is 2.16. The lowest BCUT2D eigenvalue weighted by molar-refractivity contribution is 0.226. The highest BCUT2D eigenvalue weighted by molar-refractivity contribution is 9.10. The van der Waals surface area contributed by atoms with Gasteiger partial charge in [-0.15, -0.1) is 0 Å². The van der Waals surface area contributed by atoms with Crippen LogP contribution < -0.4 is 5.32 Å². The largest absolute Gasteiger partial charge is 0.307 e. The first-order valence-corrected chi connectivity index (χ1v) is 6.46. The van der Waals surface area contributed by atoms with Crippen molar-refractivity contribution in [3.63, 3.8) is 0 Å². The Morgan fingerprint density at radius 2 is 2.00 bits per heavy atom. The third-order valence-corrected chi connectivity index (χ3v) is 3.95. The van der Waals surface area contributed by atoms with Crippen LogP contribution in [0.5, 0.6) is 0 Å². The molecule has 2 heteroatoms. The van der Waals surface area contributed by atoms with Gasteiger partial charge >= 0.3 is 0 Å². The van der Waals surface area contributed by atoms with Crippen molar-refractivity contribution < 1.29 is 0 Å². The van der Waals surface area contributed by atoms with Crippen molar-refractivity contribution in [2.45, 2.75) is 38.8 Å². The first kappa shape index (κ1) is 11.2. The predicted molar refractivity (Wildman–Crippen MR) is 67.9 cm³/mol. The van der Waals surface area contributed by atoms with Crippen LogP contribution in [-0.4, -0.2) is 6.04 Å². The van der Waals surface area contributed by atoms with E-state index in [0.717, 1.165) is 12.0 Å². The second-order valence-corrected chi connectivity index (χ2v) is 5.54. The summed E-state index contributed by atoms with van der Waals surface area (Å²) in [6.45, 7) is 4.56. The Hall–Kier alpha value is -0.340. The van der Waals surface area contributed by atoms with Crippen molar-refractivity contribution in [1.29, 1.82) is 0 Å². The molecule has 0 heterocycles. The summed E-state index contributed by atoms with van der Waals surface area (Å²) in [5.74, 6) is 0.911. The minimum Gasteiger partial charge on any atom is -0.307 e. The zero-order valence-electron chi connectivity index (χ0n) is 9.33. The van der Waals surface area contributed by atoms with Crippen LogP contribution in [0.2, 0.25) is 0 Å². The van der Waals surface area contributed by atoms with E-state index in [9.17, 15) is 0 Å². The molecule has 0 aromatic heterocycles. The Morgan fingerprint density at radius 3 is 2.60 bits per heavy atom. The Labute approximate surface area is 100 Å². The van der Waals surface area contributed by atoms with Gasteiger partial charge in [0, 0.05) is 16.6 Å². The summed E-state index contributed by atoms with van der Waals surface area (Å²) in [4.78, 5) is 0. The fraction of sp³-hybridized carbons (Fsp3) is 0.538. The van der Waals surface area contributed by atoms with E-state index in [0.29, 0.717) is 6.04 Å². The molecule has 1 aliphatic rings. The first-order valence-electron chi connectivity index (χ1n) is 5.67. The minimum atomic E-state index is 0.443. The zero-order valence-corrected chi connectivity index (χ0v) is 10.9. The van der Waals surface area contributed by atoms with Gasteiger partial charge in [0.15, 0.2) is 0 Å². The van der Waals surface area contributed by atoms with E-state index in [1.165, 1.54) is 22.9 Å². The van der Waals surface area contributed by atoms with E-state index in [1.54, 1.807) is 0 Å². The topological polar surface area (TPSA) is 12.0 Å². The summed E-state index contributed by atoms with van der Waals surface area (Å²) < 4.78 is 1.21. The van der Waals surface area contributed by atoms with E-state index < -0.39 is 0 Å². The van der Waals surface area contributed by atoms with E-state index in [1.807, 2.05) is 0 Å². The molecule has 15 heavy (non-hydrogen) atoms. The molecule has 1 nitrogen and oxygen atoms in total. The van der Waals surface area contributed by atoms with Gasteiger partial charge in [-0.25, -0.2) is 0 Å². The summed E-state index contributed by atoms with van der Waals surface area (Å²) in [7, 11) is 0. The molecular formula is C13H18BrN. The molecule has 1 aliphatic carbocycles. The van der Waals surface area contributed by atoms with E-state index in [-0.39, 0.29) is 0 Å². The number of nitrogens with one attached hydrogen (secondary N) is 1. The molecule has 0 spiro atoms. The third kappa shape index (κ3) is 2.61. The maximum absolute atomic E-state index is 3.67. The lowest BCUT2D eigenvalue weighted by atomic mass is 9.81. The van der Waals surface area contributed by atoms with Crippen molar-refractivity contribution in [2.24, 2.45) is 5.92 Å². The van der Waals surface area contributed by atoms with Gasteiger partial charge in [-0.1, -0.05) is 41.1 Å². The Balaban J connectivity index is 1.96. The molecule has 1 saturated carbocycles. The summed E-state index contributed by atoms with van der Waals surface area (Å²) in [5, 5.41) is 3.67. The maximum atomic E-state index is 3.67. The van der Waals surface area contributed by atoms with E-state index in [4.69, 9.17) is 0 Å². The van der Waals surface area contributed by atoms with Crippen LogP contribution in [0.25, 0.3) is 0 Å². The molecule has 2 rings (SSSR count). The molecule has 0 amide bonds. The number of hydrogen-bond acceptors (Lipinski definition) is 1. The van der Waals surface area contributed by atoms with E-state index >= 15 is 0 Å². The lowest BCUT2D eigenvalue weighted by Crippen LogP contribution is -2.41. The highest BCUT2D eigenvalue weighted by Gasteiger charge is 2.26. The van der Waals surface area contributed by atoms with Crippen LogP contribution >= 0.6 is 15.9 Å². The van der Waals surface area contributed by atoms with Crippen LogP contribution in [0, 0.1) is 5.92 Å². The van der Waals surface area contributed by atoms with Gasteiger partial charge in [0.1, 0.15) is 0 Å². The Morgan fingerprint density at radius 1 is 1.33 bits per heavy atom. The molecule has 1 N–H and O–H groups in total. The summed E-state index contributed by atoms with van der Waals surface area (Å²) in [6.07, 6.45) is 2.66. The second-order valence-electron chi connectivity index (χ2n) is 4.68. The molecule has 82 valence electrons. The van der Waals surface area contributed by atoms with Crippen LogP contribution in [0.3, 0.4) is 0 Å². The molecule has 0 bridgehead atoms. The molecular weight excluding hydrogens is 250 g/mol. The van der Waals surface area contributed by atoms with Gasteiger partial charge in [-0.3, -0.25) is 0 Å². The highest BCUT2D eigenvalue weighted by atomic mass is 79.9. The third-order valence-electron chi connectivity index (χ3n) is 3.23. The fourth-order valence-electron chi connectivity index (χ4n) is 2.31. The standard InChI is InChI=1S/C13H18BrN/c1-9-7-11(8-9)15-10(2)12-5-3-4-6-13(12)14/h3-6,9-11,15H,7-8H2,1-2H3/t9?,10-,11?/m1/s1. The average molecular weight is 268 g/mol. The van der Waals surface area contributed by atoms with Crippen molar-refractivity contribution in [2.75, 3.05) is 0 Å². The summed E-state index contributed by atoms with van der Waals surface area (Å²) >= 11 is 3.60. The Kier molecular flexibility index (Phi) is 3.47.